The van der Waals surface area contributed by atoms with E-state index >= 15 is 0 Å². The van der Waals surface area contributed by atoms with Crippen LogP contribution in [0.4, 0.5) is 0 Å². The van der Waals surface area contributed by atoms with E-state index in [0.717, 1.165) is 5.56 Å². The molecule has 1 aromatic rings. The molecule has 0 aliphatic carbocycles. The molecule has 0 amide bonds. The fourth-order valence-electron chi connectivity index (χ4n) is 1.36. The van der Waals surface area contributed by atoms with Crippen LogP contribution < -0.4 is 5.32 Å². The Hall–Kier alpha value is -1.88. The lowest BCUT2D eigenvalue weighted by molar-refractivity contribution is -0.137. The lowest BCUT2D eigenvalue weighted by atomic mass is 10.1. The molecular weight excluding hydrogens is 222 g/mol. The summed E-state index contributed by atoms with van der Waals surface area (Å²) in [5.41, 5.74) is 1.24. The lowest BCUT2D eigenvalue weighted by Gasteiger charge is -2.04. The lowest BCUT2D eigenvalue weighted by Crippen LogP contribution is -2.15. The summed E-state index contributed by atoms with van der Waals surface area (Å²) in [4.78, 5) is 20.9. The van der Waals surface area contributed by atoms with Crippen molar-refractivity contribution in [2.45, 2.75) is 19.4 Å². The number of aliphatic carboxylic acids is 1. The third-order valence-electron chi connectivity index (χ3n) is 2.27. The first-order chi connectivity index (χ1) is 8.09. The highest BCUT2D eigenvalue weighted by Gasteiger charge is 2.01. The van der Waals surface area contributed by atoms with Crippen LogP contribution in [-0.4, -0.2) is 28.7 Å². The van der Waals surface area contributed by atoms with Crippen LogP contribution in [0.3, 0.4) is 0 Å². The van der Waals surface area contributed by atoms with Gasteiger partial charge in [-0.1, -0.05) is 12.1 Å². The summed E-state index contributed by atoms with van der Waals surface area (Å²) in [7, 11) is 0. The predicted molar refractivity (Wildman–Crippen MR) is 62.0 cm³/mol. The van der Waals surface area contributed by atoms with E-state index in [-0.39, 0.29) is 12.0 Å². The van der Waals surface area contributed by atoms with Crippen LogP contribution in [0.25, 0.3) is 0 Å². The molecule has 0 radical (unpaired) electrons. The summed E-state index contributed by atoms with van der Waals surface area (Å²) in [6.45, 7) is 1.24. The minimum absolute atomic E-state index is 0.158. The van der Waals surface area contributed by atoms with E-state index in [1.165, 1.54) is 0 Å². The summed E-state index contributed by atoms with van der Waals surface area (Å²) in [6.07, 6.45) is 0.744. The Morgan fingerprint density at radius 2 is 1.76 bits per heavy atom. The molecule has 0 aliphatic heterocycles. The Morgan fingerprint density at radius 3 is 2.29 bits per heavy atom. The monoisotopic (exact) mass is 237 g/mol. The first-order valence-electron chi connectivity index (χ1n) is 5.34. The first-order valence-corrected chi connectivity index (χ1v) is 5.34. The fraction of sp³-hybridized carbons (Fsp3) is 0.333. The molecule has 0 unspecified atom stereocenters. The minimum atomic E-state index is -0.939. The quantitative estimate of drug-likeness (QED) is 0.623. The smallest absolute Gasteiger partial charge is 0.335 e. The highest BCUT2D eigenvalue weighted by atomic mass is 16.4. The zero-order valence-electron chi connectivity index (χ0n) is 9.35. The van der Waals surface area contributed by atoms with Gasteiger partial charge < -0.3 is 15.5 Å². The molecular formula is C12H15NO4. The molecule has 5 nitrogen and oxygen atoms in total. The molecule has 3 N–H and O–H groups in total. The van der Waals surface area contributed by atoms with Crippen molar-refractivity contribution in [2.24, 2.45) is 0 Å². The van der Waals surface area contributed by atoms with Crippen molar-refractivity contribution < 1.29 is 19.8 Å². The summed E-state index contributed by atoms with van der Waals surface area (Å²) in [6, 6.07) is 6.59. The molecule has 0 bridgehead atoms. The number of aromatic carboxylic acids is 1. The third kappa shape index (κ3) is 5.12. The summed E-state index contributed by atoms with van der Waals surface area (Å²) >= 11 is 0. The van der Waals surface area contributed by atoms with Crippen LogP contribution in [-0.2, 0) is 11.3 Å². The number of carboxylic acid groups (broad SMARTS) is 2. The molecule has 92 valence electrons. The van der Waals surface area contributed by atoms with Gasteiger partial charge in [-0.3, -0.25) is 4.79 Å². The molecule has 0 aliphatic rings. The van der Waals surface area contributed by atoms with Crippen LogP contribution in [0, 0.1) is 0 Å². The molecule has 0 saturated carbocycles. The molecule has 0 aromatic heterocycles. The maximum atomic E-state index is 10.6. The Labute approximate surface area is 99.1 Å². The first kappa shape index (κ1) is 13.2. The second-order valence-electron chi connectivity index (χ2n) is 3.68. The number of carbonyl (C=O) groups is 2. The van der Waals surface area contributed by atoms with Crippen molar-refractivity contribution in [3.05, 3.63) is 35.4 Å². The number of benzene rings is 1. The zero-order chi connectivity index (χ0) is 12.7. The molecule has 5 heteroatoms. The van der Waals surface area contributed by atoms with Gasteiger partial charge in [0.15, 0.2) is 0 Å². The predicted octanol–water partition coefficient (Wildman–Crippen LogP) is 1.34. The van der Waals surface area contributed by atoms with Gasteiger partial charge in [-0.25, -0.2) is 4.79 Å². The maximum Gasteiger partial charge on any atom is 0.335 e. The van der Waals surface area contributed by atoms with Crippen molar-refractivity contribution in [1.29, 1.82) is 0 Å². The van der Waals surface area contributed by atoms with Gasteiger partial charge in [0.1, 0.15) is 0 Å². The third-order valence-corrected chi connectivity index (χ3v) is 2.27. The normalized spacial score (nSPS) is 10.1. The number of rotatable bonds is 7. The number of hydrogen-bond acceptors (Lipinski definition) is 3. The molecule has 1 aromatic carbocycles. The van der Waals surface area contributed by atoms with E-state index in [9.17, 15) is 9.59 Å². The van der Waals surface area contributed by atoms with Gasteiger partial charge in [0, 0.05) is 13.0 Å². The average Bonchev–Trinajstić information content (AvgIpc) is 2.29. The minimum Gasteiger partial charge on any atom is -0.481 e. The van der Waals surface area contributed by atoms with Gasteiger partial charge in [0.25, 0.3) is 0 Å². The van der Waals surface area contributed by atoms with E-state index in [0.29, 0.717) is 19.5 Å². The summed E-state index contributed by atoms with van der Waals surface area (Å²) < 4.78 is 0. The topological polar surface area (TPSA) is 86.6 Å². The van der Waals surface area contributed by atoms with Crippen LogP contribution in [0.1, 0.15) is 28.8 Å². The largest absolute Gasteiger partial charge is 0.481 e. The Bertz CT molecular complexity index is 386. The van der Waals surface area contributed by atoms with E-state index in [4.69, 9.17) is 10.2 Å². The van der Waals surface area contributed by atoms with Crippen LogP contribution >= 0.6 is 0 Å². The Morgan fingerprint density at radius 1 is 1.12 bits per heavy atom. The van der Waals surface area contributed by atoms with Gasteiger partial charge in [0.2, 0.25) is 0 Å². The second-order valence-corrected chi connectivity index (χ2v) is 3.68. The molecule has 0 atom stereocenters. The van der Waals surface area contributed by atoms with E-state index < -0.39 is 11.9 Å². The molecule has 1 rings (SSSR count). The molecule has 0 spiro atoms. The fourth-order valence-corrected chi connectivity index (χ4v) is 1.36. The number of nitrogens with one attached hydrogen (secondary N) is 1. The van der Waals surface area contributed by atoms with Crippen molar-refractivity contribution in [3.63, 3.8) is 0 Å². The maximum absolute atomic E-state index is 10.6. The van der Waals surface area contributed by atoms with Crippen molar-refractivity contribution in [1.82, 2.24) is 5.32 Å². The van der Waals surface area contributed by atoms with Crippen LogP contribution in [0.2, 0.25) is 0 Å². The Kier molecular flexibility index (Phi) is 5.16. The van der Waals surface area contributed by atoms with Crippen LogP contribution in [0.15, 0.2) is 24.3 Å². The molecule has 17 heavy (non-hydrogen) atoms. The molecule has 0 saturated heterocycles. The highest BCUT2D eigenvalue weighted by molar-refractivity contribution is 5.87. The van der Waals surface area contributed by atoms with Crippen molar-refractivity contribution in [3.8, 4) is 0 Å². The van der Waals surface area contributed by atoms with Crippen LogP contribution in [0.5, 0.6) is 0 Å². The van der Waals surface area contributed by atoms with Gasteiger partial charge in [-0.15, -0.1) is 0 Å². The van der Waals surface area contributed by atoms with Gasteiger partial charge in [-0.2, -0.15) is 0 Å². The highest BCUT2D eigenvalue weighted by Crippen LogP contribution is 2.04. The number of carboxylic acids is 2. The van der Waals surface area contributed by atoms with Gasteiger partial charge in [0.05, 0.1) is 5.56 Å². The standard InChI is InChI=1S/C12H15NO4/c14-11(15)2-1-7-13-8-9-3-5-10(6-4-9)12(16)17/h3-6,13H,1-2,7-8H2,(H,14,15)(H,16,17). The van der Waals surface area contributed by atoms with Gasteiger partial charge in [-0.05, 0) is 30.7 Å². The molecule has 0 heterocycles. The van der Waals surface area contributed by atoms with E-state index in [2.05, 4.69) is 5.32 Å². The van der Waals surface area contributed by atoms with E-state index in [1.54, 1.807) is 24.3 Å². The molecule has 0 fully saturated rings. The van der Waals surface area contributed by atoms with E-state index in [1.807, 2.05) is 0 Å². The Balaban J connectivity index is 2.27. The van der Waals surface area contributed by atoms with Gasteiger partial charge >= 0.3 is 11.9 Å². The number of hydrogen-bond donors (Lipinski definition) is 3. The average molecular weight is 237 g/mol. The summed E-state index contributed by atoms with van der Waals surface area (Å²) in [5, 5.41) is 20.2. The van der Waals surface area contributed by atoms with Crippen molar-refractivity contribution in [2.75, 3.05) is 6.54 Å². The van der Waals surface area contributed by atoms with Crippen molar-refractivity contribution >= 4 is 11.9 Å². The SMILES string of the molecule is O=C(O)CCCNCc1ccc(C(=O)O)cc1. The second kappa shape index (κ2) is 6.65. The summed E-state index contributed by atoms with van der Waals surface area (Å²) in [5.74, 6) is -1.73. The zero-order valence-corrected chi connectivity index (χ0v) is 9.35.